The van der Waals surface area contributed by atoms with Crippen molar-refractivity contribution in [2.24, 2.45) is 7.05 Å². The Morgan fingerprint density at radius 3 is 2.88 bits per heavy atom. The number of nitriles is 1. The Morgan fingerprint density at radius 2 is 2.29 bits per heavy atom. The molecule has 0 unspecified atom stereocenters. The van der Waals surface area contributed by atoms with Gasteiger partial charge in [0, 0.05) is 23.4 Å². The van der Waals surface area contributed by atoms with E-state index in [1.165, 1.54) is 0 Å². The summed E-state index contributed by atoms with van der Waals surface area (Å²) in [5.74, 6) is 0. The molecule has 0 radical (unpaired) electrons. The van der Waals surface area contributed by atoms with Crippen LogP contribution in [0.2, 0.25) is 0 Å². The van der Waals surface area contributed by atoms with Gasteiger partial charge in [0.1, 0.15) is 6.07 Å². The molecule has 0 aliphatic heterocycles. The van der Waals surface area contributed by atoms with E-state index < -0.39 is 0 Å². The lowest BCUT2D eigenvalue weighted by molar-refractivity contribution is 0.720. The van der Waals surface area contributed by atoms with E-state index in [1.54, 1.807) is 12.3 Å². The van der Waals surface area contributed by atoms with E-state index in [-0.39, 0.29) is 0 Å². The molecule has 86 valence electrons. The predicted molar refractivity (Wildman–Crippen MR) is 69.4 cm³/mol. The first kappa shape index (κ1) is 11.7. The summed E-state index contributed by atoms with van der Waals surface area (Å²) >= 11 is 3.36. The van der Waals surface area contributed by atoms with Gasteiger partial charge in [-0.05, 0) is 40.2 Å². The molecular formula is C12H11BrN4. The molecule has 17 heavy (non-hydrogen) atoms. The Morgan fingerprint density at radius 1 is 1.47 bits per heavy atom. The summed E-state index contributed by atoms with van der Waals surface area (Å²) in [6.07, 6.45) is 1.77. The second kappa shape index (κ2) is 5.02. The molecule has 4 nitrogen and oxygen atoms in total. The van der Waals surface area contributed by atoms with Crippen LogP contribution in [0.5, 0.6) is 0 Å². The first-order valence-corrected chi connectivity index (χ1v) is 5.90. The minimum absolute atomic E-state index is 0.635. The van der Waals surface area contributed by atoms with E-state index in [2.05, 4.69) is 32.4 Å². The molecule has 0 bridgehead atoms. The Balaban J connectivity index is 2.08. The first-order valence-electron chi connectivity index (χ1n) is 5.11. The number of benzene rings is 1. The molecule has 0 aliphatic rings. The number of hydrogen-bond donors (Lipinski definition) is 1. The highest BCUT2D eigenvalue weighted by Crippen LogP contribution is 2.21. The number of aromatic nitrogens is 2. The topological polar surface area (TPSA) is 53.6 Å². The van der Waals surface area contributed by atoms with Crippen LogP contribution in [0, 0.1) is 11.3 Å². The summed E-state index contributed by atoms with van der Waals surface area (Å²) in [6, 6.07) is 9.65. The van der Waals surface area contributed by atoms with Crippen molar-refractivity contribution in [3.05, 3.63) is 46.2 Å². The summed E-state index contributed by atoms with van der Waals surface area (Å²) in [5, 5.41) is 16.2. The van der Waals surface area contributed by atoms with Crippen molar-refractivity contribution in [2.45, 2.75) is 6.54 Å². The molecule has 2 aromatic rings. The Bertz CT molecular complexity index is 568. The monoisotopic (exact) mass is 290 g/mol. The quantitative estimate of drug-likeness (QED) is 0.946. The lowest BCUT2D eigenvalue weighted by Gasteiger charge is -2.07. The van der Waals surface area contributed by atoms with Gasteiger partial charge >= 0.3 is 0 Å². The van der Waals surface area contributed by atoms with E-state index in [0.29, 0.717) is 12.1 Å². The molecule has 0 amide bonds. The van der Waals surface area contributed by atoms with E-state index in [4.69, 9.17) is 5.26 Å². The van der Waals surface area contributed by atoms with Crippen LogP contribution in [-0.2, 0) is 13.6 Å². The van der Waals surface area contributed by atoms with Gasteiger partial charge < -0.3 is 5.32 Å². The maximum Gasteiger partial charge on any atom is 0.100 e. The lowest BCUT2D eigenvalue weighted by Crippen LogP contribution is -2.05. The summed E-state index contributed by atoms with van der Waals surface area (Å²) in [5.41, 5.74) is 2.71. The van der Waals surface area contributed by atoms with Gasteiger partial charge in [-0.3, -0.25) is 4.68 Å². The van der Waals surface area contributed by atoms with Crippen molar-refractivity contribution in [3.8, 4) is 6.07 Å². The summed E-state index contributed by atoms with van der Waals surface area (Å²) in [4.78, 5) is 0. The van der Waals surface area contributed by atoms with Gasteiger partial charge in [-0.15, -0.1) is 0 Å². The summed E-state index contributed by atoms with van der Waals surface area (Å²) in [7, 11) is 1.91. The number of nitrogens with one attached hydrogen (secondary N) is 1. The second-order valence-electron chi connectivity index (χ2n) is 3.61. The van der Waals surface area contributed by atoms with Crippen LogP contribution in [0.3, 0.4) is 0 Å². The number of halogens is 1. The zero-order valence-corrected chi connectivity index (χ0v) is 10.9. The predicted octanol–water partition coefficient (Wildman–Crippen LogP) is 2.67. The van der Waals surface area contributed by atoms with Gasteiger partial charge in [0.2, 0.25) is 0 Å². The van der Waals surface area contributed by atoms with Gasteiger partial charge in [-0.25, -0.2) is 0 Å². The standard InChI is InChI=1S/C12H11BrN4/c1-17-11(4-5-16-17)8-15-10-3-2-9(7-14)12(13)6-10/h2-6,15H,8H2,1H3. The fourth-order valence-corrected chi connectivity index (χ4v) is 1.95. The zero-order valence-electron chi connectivity index (χ0n) is 9.31. The fraction of sp³-hybridized carbons (Fsp3) is 0.167. The molecule has 0 saturated carbocycles. The van der Waals surface area contributed by atoms with Crippen molar-refractivity contribution in [2.75, 3.05) is 5.32 Å². The van der Waals surface area contributed by atoms with Crippen molar-refractivity contribution in [3.63, 3.8) is 0 Å². The minimum atomic E-state index is 0.635. The summed E-state index contributed by atoms with van der Waals surface area (Å²) < 4.78 is 2.63. The Kier molecular flexibility index (Phi) is 3.45. The number of nitrogens with zero attached hydrogens (tertiary/aromatic N) is 3. The molecule has 1 heterocycles. The number of anilines is 1. The third kappa shape index (κ3) is 2.66. The van der Waals surface area contributed by atoms with Crippen LogP contribution in [0.1, 0.15) is 11.3 Å². The molecular weight excluding hydrogens is 280 g/mol. The molecule has 0 saturated heterocycles. The van der Waals surface area contributed by atoms with Gasteiger partial charge in [-0.1, -0.05) is 0 Å². The minimum Gasteiger partial charge on any atom is -0.379 e. The van der Waals surface area contributed by atoms with Crippen LogP contribution in [-0.4, -0.2) is 9.78 Å². The van der Waals surface area contributed by atoms with Gasteiger partial charge in [-0.2, -0.15) is 10.4 Å². The Hall–Kier alpha value is -1.80. The second-order valence-corrected chi connectivity index (χ2v) is 4.46. The molecule has 1 N–H and O–H groups in total. The molecule has 0 aliphatic carbocycles. The van der Waals surface area contributed by atoms with Crippen LogP contribution in [0.4, 0.5) is 5.69 Å². The Labute approximate surface area is 108 Å². The summed E-state index contributed by atoms with van der Waals surface area (Å²) in [6.45, 7) is 0.703. The molecule has 1 aromatic carbocycles. The van der Waals surface area contributed by atoms with Crippen LogP contribution < -0.4 is 5.32 Å². The number of aryl methyl sites for hydroxylation is 1. The lowest BCUT2D eigenvalue weighted by atomic mass is 10.2. The van der Waals surface area contributed by atoms with Gasteiger partial charge in [0.05, 0.1) is 17.8 Å². The van der Waals surface area contributed by atoms with Crippen molar-refractivity contribution >= 4 is 21.6 Å². The average molecular weight is 291 g/mol. The normalized spacial score (nSPS) is 9.94. The SMILES string of the molecule is Cn1nccc1CNc1ccc(C#N)c(Br)c1. The average Bonchev–Trinajstić information content (AvgIpc) is 2.72. The maximum absolute atomic E-state index is 8.81. The highest BCUT2D eigenvalue weighted by Gasteiger charge is 2.02. The van der Waals surface area contributed by atoms with Gasteiger partial charge in [0.25, 0.3) is 0 Å². The molecule has 1 aromatic heterocycles. The first-order chi connectivity index (χ1) is 8.20. The largest absolute Gasteiger partial charge is 0.379 e. The third-order valence-electron chi connectivity index (χ3n) is 2.49. The number of hydrogen-bond acceptors (Lipinski definition) is 3. The van der Waals surface area contributed by atoms with E-state index in [0.717, 1.165) is 15.9 Å². The molecule has 0 fully saturated rings. The maximum atomic E-state index is 8.81. The van der Waals surface area contributed by atoms with E-state index >= 15 is 0 Å². The van der Waals surface area contributed by atoms with Crippen LogP contribution >= 0.6 is 15.9 Å². The molecule has 2 rings (SSSR count). The van der Waals surface area contributed by atoms with Crippen LogP contribution in [0.15, 0.2) is 34.9 Å². The third-order valence-corrected chi connectivity index (χ3v) is 3.14. The van der Waals surface area contributed by atoms with Crippen molar-refractivity contribution in [1.29, 1.82) is 5.26 Å². The van der Waals surface area contributed by atoms with E-state index in [1.807, 2.05) is 29.9 Å². The zero-order chi connectivity index (χ0) is 12.3. The molecule has 0 spiro atoms. The fourth-order valence-electron chi connectivity index (χ4n) is 1.48. The van der Waals surface area contributed by atoms with Crippen LogP contribution in [0.25, 0.3) is 0 Å². The van der Waals surface area contributed by atoms with Crippen molar-refractivity contribution in [1.82, 2.24) is 9.78 Å². The molecule has 0 atom stereocenters. The molecule has 5 heteroatoms. The highest BCUT2D eigenvalue weighted by molar-refractivity contribution is 9.10. The smallest absolute Gasteiger partial charge is 0.100 e. The highest BCUT2D eigenvalue weighted by atomic mass is 79.9. The van der Waals surface area contributed by atoms with Gasteiger partial charge in [0.15, 0.2) is 0 Å². The van der Waals surface area contributed by atoms with E-state index in [9.17, 15) is 0 Å². The number of rotatable bonds is 3. The van der Waals surface area contributed by atoms with Crippen molar-refractivity contribution < 1.29 is 0 Å².